The average molecular weight is 377 g/mol. The van der Waals surface area contributed by atoms with E-state index in [-0.39, 0.29) is 18.1 Å². The van der Waals surface area contributed by atoms with E-state index in [2.05, 4.69) is 10.4 Å². The minimum Gasteiger partial charge on any atom is -0.497 e. The molecule has 2 aromatic rings. The number of carbonyl (C=O) groups is 1. The standard InChI is InChI=1S/C17H19N3O5S/c1-25-14-4-2-3-12(9-14)15-5-6-17(22)20(19-15)10-16(21)18-13-7-8-26(23,24)11-13/h2-6,9,13H,7-8,10-11H2,1H3,(H,18,21). The van der Waals surface area contributed by atoms with E-state index >= 15 is 0 Å². The predicted octanol–water partition coefficient (Wildman–Crippen LogP) is 0.222. The van der Waals surface area contributed by atoms with Crippen molar-refractivity contribution in [2.24, 2.45) is 0 Å². The molecule has 26 heavy (non-hydrogen) atoms. The van der Waals surface area contributed by atoms with Crippen LogP contribution in [0.15, 0.2) is 41.2 Å². The Morgan fingerprint density at radius 1 is 1.35 bits per heavy atom. The average Bonchev–Trinajstić information content (AvgIpc) is 2.95. The second kappa shape index (κ2) is 7.28. The summed E-state index contributed by atoms with van der Waals surface area (Å²) >= 11 is 0. The zero-order valence-corrected chi connectivity index (χ0v) is 15.0. The van der Waals surface area contributed by atoms with Crippen LogP contribution >= 0.6 is 0 Å². The number of hydrogen-bond donors (Lipinski definition) is 1. The summed E-state index contributed by atoms with van der Waals surface area (Å²) in [5.41, 5.74) is 0.867. The third-order valence-electron chi connectivity index (χ3n) is 4.12. The summed E-state index contributed by atoms with van der Waals surface area (Å²) in [4.78, 5) is 24.2. The van der Waals surface area contributed by atoms with Gasteiger partial charge in [-0.05, 0) is 24.6 Å². The maximum absolute atomic E-state index is 12.2. The highest BCUT2D eigenvalue weighted by molar-refractivity contribution is 7.91. The first-order valence-corrected chi connectivity index (χ1v) is 9.91. The number of methoxy groups -OCH3 is 1. The molecule has 1 amide bonds. The highest BCUT2D eigenvalue weighted by Crippen LogP contribution is 2.21. The molecule has 1 aliphatic rings. The number of aromatic nitrogens is 2. The number of hydrogen-bond acceptors (Lipinski definition) is 6. The Morgan fingerprint density at radius 2 is 2.15 bits per heavy atom. The number of nitrogens with one attached hydrogen (secondary N) is 1. The van der Waals surface area contributed by atoms with Crippen LogP contribution in [-0.2, 0) is 21.2 Å². The molecule has 2 heterocycles. The summed E-state index contributed by atoms with van der Waals surface area (Å²) in [7, 11) is -1.53. The van der Waals surface area contributed by atoms with Gasteiger partial charge in [-0.2, -0.15) is 5.10 Å². The first-order chi connectivity index (χ1) is 12.4. The van der Waals surface area contributed by atoms with Crippen LogP contribution in [0.5, 0.6) is 5.75 Å². The van der Waals surface area contributed by atoms with E-state index in [1.807, 2.05) is 6.07 Å². The van der Waals surface area contributed by atoms with E-state index in [0.29, 0.717) is 17.9 Å². The number of nitrogens with zero attached hydrogens (tertiary/aromatic N) is 2. The molecule has 1 atom stereocenters. The van der Waals surface area contributed by atoms with Crippen LogP contribution in [0.25, 0.3) is 11.3 Å². The zero-order chi connectivity index (χ0) is 18.7. The van der Waals surface area contributed by atoms with E-state index in [1.54, 1.807) is 31.4 Å². The normalized spacial score (nSPS) is 18.4. The van der Waals surface area contributed by atoms with Crippen LogP contribution in [0.4, 0.5) is 0 Å². The van der Waals surface area contributed by atoms with Gasteiger partial charge in [-0.1, -0.05) is 12.1 Å². The number of ether oxygens (including phenoxy) is 1. The Bertz CT molecular complexity index is 984. The van der Waals surface area contributed by atoms with Gasteiger partial charge in [0, 0.05) is 17.7 Å². The lowest BCUT2D eigenvalue weighted by molar-refractivity contribution is -0.122. The molecule has 1 unspecified atom stereocenters. The Balaban J connectivity index is 1.75. The maximum Gasteiger partial charge on any atom is 0.267 e. The second-order valence-corrected chi connectivity index (χ2v) is 8.34. The van der Waals surface area contributed by atoms with Gasteiger partial charge in [-0.15, -0.1) is 0 Å². The molecule has 1 aromatic carbocycles. The fraction of sp³-hybridized carbons (Fsp3) is 0.353. The molecule has 0 radical (unpaired) electrons. The van der Waals surface area contributed by atoms with E-state index in [4.69, 9.17) is 4.74 Å². The first kappa shape index (κ1) is 18.1. The lowest BCUT2D eigenvalue weighted by atomic mass is 10.1. The predicted molar refractivity (Wildman–Crippen MR) is 95.7 cm³/mol. The van der Waals surface area contributed by atoms with Gasteiger partial charge in [0.25, 0.3) is 5.56 Å². The molecule has 8 nitrogen and oxygen atoms in total. The first-order valence-electron chi connectivity index (χ1n) is 8.09. The molecule has 1 aliphatic heterocycles. The molecule has 0 spiro atoms. The molecule has 0 saturated carbocycles. The summed E-state index contributed by atoms with van der Waals surface area (Å²) in [6, 6.07) is 9.71. The van der Waals surface area contributed by atoms with Gasteiger partial charge in [-0.25, -0.2) is 13.1 Å². The minimum atomic E-state index is -3.08. The molecule has 3 rings (SSSR count). The van der Waals surface area contributed by atoms with Crippen molar-refractivity contribution in [3.05, 3.63) is 46.8 Å². The van der Waals surface area contributed by atoms with Crippen LogP contribution in [0.2, 0.25) is 0 Å². The van der Waals surface area contributed by atoms with Crippen molar-refractivity contribution in [3.8, 4) is 17.0 Å². The fourth-order valence-electron chi connectivity index (χ4n) is 2.82. The van der Waals surface area contributed by atoms with Crippen molar-refractivity contribution >= 4 is 15.7 Å². The van der Waals surface area contributed by atoms with Crippen LogP contribution < -0.4 is 15.6 Å². The molecule has 1 fully saturated rings. The highest BCUT2D eigenvalue weighted by Gasteiger charge is 2.28. The molecule has 1 aromatic heterocycles. The van der Waals surface area contributed by atoms with Crippen molar-refractivity contribution in [1.29, 1.82) is 0 Å². The number of amides is 1. The van der Waals surface area contributed by atoms with Crippen molar-refractivity contribution in [2.45, 2.75) is 19.0 Å². The van der Waals surface area contributed by atoms with E-state index in [1.165, 1.54) is 6.07 Å². The Morgan fingerprint density at radius 3 is 2.85 bits per heavy atom. The van der Waals surface area contributed by atoms with Crippen LogP contribution in [0.1, 0.15) is 6.42 Å². The minimum absolute atomic E-state index is 0.0646. The van der Waals surface area contributed by atoms with Crippen LogP contribution in [0.3, 0.4) is 0 Å². The van der Waals surface area contributed by atoms with E-state index in [9.17, 15) is 18.0 Å². The molecular weight excluding hydrogens is 358 g/mol. The highest BCUT2D eigenvalue weighted by atomic mass is 32.2. The van der Waals surface area contributed by atoms with Crippen molar-refractivity contribution in [3.63, 3.8) is 0 Å². The third-order valence-corrected chi connectivity index (χ3v) is 5.89. The zero-order valence-electron chi connectivity index (χ0n) is 14.2. The second-order valence-electron chi connectivity index (χ2n) is 6.11. The van der Waals surface area contributed by atoms with Gasteiger partial charge in [0.1, 0.15) is 12.3 Å². The summed E-state index contributed by atoms with van der Waals surface area (Å²) in [6.07, 6.45) is 0.389. The molecule has 0 bridgehead atoms. The number of benzene rings is 1. The Labute approximate surface area is 150 Å². The van der Waals surface area contributed by atoms with Gasteiger partial charge in [0.2, 0.25) is 5.91 Å². The van der Waals surface area contributed by atoms with Crippen molar-refractivity contribution in [1.82, 2.24) is 15.1 Å². The Kier molecular flexibility index (Phi) is 5.08. The van der Waals surface area contributed by atoms with Gasteiger partial charge in [-0.3, -0.25) is 9.59 Å². The number of sulfone groups is 1. The van der Waals surface area contributed by atoms with Gasteiger partial charge < -0.3 is 10.1 Å². The molecular formula is C17H19N3O5S. The number of carbonyl (C=O) groups excluding carboxylic acids is 1. The van der Waals surface area contributed by atoms with Crippen LogP contribution in [-0.4, -0.2) is 48.8 Å². The van der Waals surface area contributed by atoms with Gasteiger partial charge >= 0.3 is 0 Å². The fourth-order valence-corrected chi connectivity index (χ4v) is 4.49. The summed E-state index contributed by atoms with van der Waals surface area (Å²) in [6.45, 7) is -0.271. The molecule has 9 heteroatoms. The van der Waals surface area contributed by atoms with Gasteiger partial charge in [0.05, 0.1) is 24.3 Å². The third kappa shape index (κ3) is 4.29. The van der Waals surface area contributed by atoms with E-state index < -0.39 is 27.3 Å². The quantitative estimate of drug-likeness (QED) is 0.799. The van der Waals surface area contributed by atoms with E-state index in [0.717, 1.165) is 10.2 Å². The SMILES string of the molecule is COc1cccc(-c2ccc(=O)n(CC(=O)NC3CCS(=O)(=O)C3)n2)c1. The summed E-state index contributed by atoms with van der Waals surface area (Å²) in [5.74, 6) is 0.221. The molecule has 1 N–H and O–H groups in total. The largest absolute Gasteiger partial charge is 0.497 e. The molecule has 0 aliphatic carbocycles. The lowest BCUT2D eigenvalue weighted by Gasteiger charge is -2.12. The smallest absolute Gasteiger partial charge is 0.267 e. The topological polar surface area (TPSA) is 107 Å². The van der Waals surface area contributed by atoms with Crippen LogP contribution in [0, 0.1) is 0 Å². The molecule has 138 valence electrons. The van der Waals surface area contributed by atoms with Gasteiger partial charge in [0.15, 0.2) is 9.84 Å². The monoisotopic (exact) mass is 377 g/mol. The Hall–Kier alpha value is -2.68. The maximum atomic E-state index is 12.2. The summed E-state index contributed by atoms with van der Waals surface area (Å²) < 4.78 is 29.2. The number of rotatable bonds is 5. The molecule has 1 saturated heterocycles. The van der Waals surface area contributed by atoms with Crippen molar-refractivity contribution in [2.75, 3.05) is 18.6 Å². The van der Waals surface area contributed by atoms with Crippen molar-refractivity contribution < 1.29 is 17.9 Å². The lowest BCUT2D eigenvalue weighted by Crippen LogP contribution is -2.40. The summed E-state index contributed by atoms with van der Waals surface area (Å²) in [5, 5.41) is 6.88.